The van der Waals surface area contributed by atoms with Crippen molar-refractivity contribution in [2.75, 3.05) is 41.0 Å². The lowest BCUT2D eigenvalue weighted by Crippen LogP contribution is -2.08. The number of hydrogen-bond acceptors (Lipinski definition) is 8. The maximum Gasteiger partial charge on any atom is 0.306 e. The molecule has 204 valence electrons. The van der Waals surface area contributed by atoms with Crippen LogP contribution in [-0.4, -0.2) is 49.4 Å². The maximum atomic E-state index is 13.6. The van der Waals surface area contributed by atoms with Gasteiger partial charge in [0.05, 0.1) is 26.0 Å². The molecule has 10 heteroatoms. The lowest BCUT2D eigenvalue weighted by Gasteiger charge is -2.22. The third-order valence-electron chi connectivity index (χ3n) is 5.30. The highest BCUT2D eigenvalue weighted by atomic mass is 32.2. The Morgan fingerprint density at radius 2 is 1.53 bits per heavy atom. The molecule has 0 radical (unpaired) electrons. The highest BCUT2D eigenvalue weighted by Crippen LogP contribution is 2.51. The number of hydrogen-bond donors (Lipinski definition) is 0. The second-order valence-corrected chi connectivity index (χ2v) is 10.0. The van der Waals surface area contributed by atoms with Gasteiger partial charge in [0.1, 0.15) is 18.2 Å². The fraction of sp³-hybridized carbons (Fsp3) is 0.286. The predicted octanol–water partition coefficient (Wildman–Crippen LogP) is 5.84. The summed E-state index contributed by atoms with van der Waals surface area (Å²) in [7, 11) is 0.577. The van der Waals surface area contributed by atoms with Crippen molar-refractivity contribution < 1.29 is 40.7 Å². The van der Waals surface area contributed by atoms with Gasteiger partial charge in [-0.15, -0.1) is 0 Å². The van der Waals surface area contributed by atoms with Crippen LogP contribution in [0.15, 0.2) is 60.2 Å². The smallest absolute Gasteiger partial charge is 0.306 e. The van der Waals surface area contributed by atoms with Crippen LogP contribution in [0.4, 0.5) is 4.39 Å². The molecule has 0 amide bonds. The maximum absolute atomic E-state index is 13.6. The standard InChI is InChI=1S/C28H31FO8S/c1-18(2)13-14-35-23-12-9-20(15-24(23)37-38(6,30)31)26-25(33-4)16-22(19-7-10-21(29)11-8-19)27(34-5)28(26)36-17-32-3/h7-13,15-16H,14,17H2,1-6H3. The summed E-state index contributed by atoms with van der Waals surface area (Å²) in [5.74, 6) is 0.867. The summed E-state index contributed by atoms with van der Waals surface area (Å²) in [5, 5.41) is 0. The van der Waals surface area contributed by atoms with Crippen molar-refractivity contribution >= 4 is 10.1 Å². The van der Waals surface area contributed by atoms with Crippen molar-refractivity contribution in [1.29, 1.82) is 0 Å². The molecule has 0 aliphatic heterocycles. The van der Waals surface area contributed by atoms with Gasteiger partial charge in [-0.2, -0.15) is 8.42 Å². The van der Waals surface area contributed by atoms with Crippen LogP contribution in [0.1, 0.15) is 13.8 Å². The molecular weight excluding hydrogens is 515 g/mol. The molecule has 0 saturated carbocycles. The zero-order valence-corrected chi connectivity index (χ0v) is 23.0. The number of allylic oxidation sites excluding steroid dienone is 1. The molecule has 8 nitrogen and oxygen atoms in total. The quantitative estimate of drug-likeness (QED) is 0.159. The minimum Gasteiger partial charge on any atom is -0.496 e. The molecule has 0 atom stereocenters. The highest BCUT2D eigenvalue weighted by molar-refractivity contribution is 7.86. The van der Waals surface area contributed by atoms with Gasteiger partial charge in [0.2, 0.25) is 0 Å². The lowest BCUT2D eigenvalue weighted by molar-refractivity contribution is 0.0495. The van der Waals surface area contributed by atoms with E-state index in [0.717, 1.165) is 11.8 Å². The highest BCUT2D eigenvalue weighted by Gasteiger charge is 2.25. The van der Waals surface area contributed by atoms with E-state index < -0.39 is 10.1 Å². The number of halogens is 1. The normalized spacial score (nSPS) is 11.0. The first-order valence-electron chi connectivity index (χ1n) is 11.5. The van der Waals surface area contributed by atoms with Crippen LogP contribution in [-0.2, 0) is 14.9 Å². The van der Waals surface area contributed by atoms with Crippen LogP contribution >= 0.6 is 0 Å². The zero-order chi connectivity index (χ0) is 27.9. The summed E-state index contributed by atoms with van der Waals surface area (Å²) in [6.07, 6.45) is 2.81. The predicted molar refractivity (Wildman–Crippen MR) is 143 cm³/mol. The Bertz CT molecular complexity index is 1400. The number of methoxy groups -OCH3 is 3. The van der Waals surface area contributed by atoms with Crippen molar-refractivity contribution in [1.82, 2.24) is 0 Å². The fourth-order valence-electron chi connectivity index (χ4n) is 3.66. The van der Waals surface area contributed by atoms with Crippen molar-refractivity contribution in [3.8, 4) is 51.0 Å². The van der Waals surface area contributed by atoms with E-state index in [1.807, 2.05) is 19.9 Å². The van der Waals surface area contributed by atoms with Gasteiger partial charge in [-0.1, -0.05) is 23.8 Å². The van der Waals surface area contributed by atoms with E-state index >= 15 is 0 Å². The van der Waals surface area contributed by atoms with Crippen LogP contribution in [0.5, 0.6) is 28.7 Å². The summed E-state index contributed by atoms with van der Waals surface area (Å²) >= 11 is 0. The summed E-state index contributed by atoms with van der Waals surface area (Å²) < 4.78 is 71.3. The Morgan fingerprint density at radius 3 is 2.11 bits per heavy atom. The zero-order valence-electron chi connectivity index (χ0n) is 22.2. The van der Waals surface area contributed by atoms with E-state index in [2.05, 4.69) is 0 Å². The molecule has 0 fully saturated rings. The van der Waals surface area contributed by atoms with Gasteiger partial charge in [-0.3, -0.25) is 0 Å². The van der Waals surface area contributed by atoms with E-state index in [1.165, 1.54) is 39.5 Å². The van der Waals surface area contributed by atoms with E-state index in [4.69, 9.17) is 27.9 Å². The van der Waals surface area contributed by atoms with Gasteiger partial charge >= 0.3 is 10.1 Å². The minimum absolute atomic E-state index is 0.00604. The van der Waals surface area contributed by atoms with Crippen LogP contribution in [0.25, 0.3) is 22.3 Å². The second-order valence-electron chi connectivity index (χ2n) is 8.46. The van der Waals surface area contributed by atoms with Crippen LogP contribution in [0.3, 0.4) is 0 Å². The molecule has 0 aliphatic carbocycles. The molecule has 0 bridgehead atoms. The average molecular weight is 547 g/mol. The molecule has 0 spiro atoms. The second kappa shape index (κ2) is 12.7. The first-order valence-corrected chi connectivity index (χ1v) is 13.4. The van der Waals surface area contributed by atoms with Crippen molar-refractivity contribution in [3.63, 3.8) is 0 Å². The molecule has 3 aromatic rings. The summed E-state index contributed by atoms with van der Waals surface area (Å²) in [4.78, 5) is 0. The first-order chi connectivity index (χ1) is 18.1. The largest absolute Gasteiger partial charge is 0.496 e. The molecule has 0 heterocycles. The van der Waals surface area contributed by atoms with Crippen LogP contribution < -0.4 is 23.1 Å². The number of rotatable bonds is 12. The Hall–Kier alpha value is -3.76. The van der Waals surface area contributed by atoms with Crippen LogP contribution in [0, 0.1) is 5.82 Å². The average Bonchev–Trinajstić information content (AvgIpc) is 2.86. The summed E-state index contributed by atoms with van der Waals surface area (Å²) in [6, 6.07) is 12.5. The van der Waals surface area contributed by atoms with Gasteiger partial charge in [-0.05, 0) is 61.4 Å². The molecule has 0 N–H and O–H groups in total. The Kier molecular flexibility index (Phi) is 9.60. The van der Waals surface area contributed by atoms with E-state index in [0.29, 0.717) is 33.8 Å². The van der Waals surface area contributed by atoms with Crippen LogP contribution in [0.2, 0.25) is 0 Å². The lowest BCUT2D eigenvalue weighted by atomic mass is 9.96. The minimum atomic E-state index is -3.87. The molecule has 0 unspecified atom stereocenters. The molecule has 0 saturated heterocycles. The molecule has 0 aliphatic rings. The van der Waals surface area contributed by atoms with Crippen molar-refractivity contribution in [2.45, 2.75) is 13.8 Å². The third-order valence-corrected chi connectivity index (χ3v) is 5.79. The summed E-state index contributed by atoms with van der Waals surface area (Å²) in [6.45, 7) is 3.97. The van der Waals surface area contributed by atoms with Crippen molar-refractivity contribution in [2.24, 2.45) is 0 Å². The van der Waals surface area contributed by atoms with E-state index in [1.54, 1.807) is 30.3 Å². The first kappa shape index (κ1) is 28.8. The van der Waals surface area contributed by atoms with Gasteiger partial charge in [-0.25, -0.2) is 4.39 Å². The fourth-order valence-corrected chi connectivity index (χ4v) is 4.12. The molecule has 0 aromatic heterocycles. The molecule has 38 heavy (non-hydrogen) atoms. The third kappa shape index (κ3) is 7.17. The van der Waals surface area contributed by atoms with Gasteiger partial charge in [0.15, 0.2) is 29.8 Å². The number of ether oxygens (including phenoxy) is 5. The van der Waals surface area contributed by atoms with E-state index in [-0.39, 0.29) is 36.5 Å². The van der Waals surface area contributed by atoms with E-state index in [9.17, 15) is 12.8 Å². The number of benzene rings is 3. The topological polar surface area (TPSA) is 89.5 Å². The van der Waals surface area contributed by atoms with Crippen molar-refractivity contribution in [3.05, 3.63) is 66.0 Å². The SMILES string of the molecule is COCOc1c(OC)c(-c2ccc(F)cc2)cc(OC)c1-c1ccc(OCC=C(C)C)c(OS(C)(=O)=O)c1. The Morgan fingerprint density at radius 1 is 0.842 bits per heavy atom. The van der Waals surface area contributed by atoms with Gasteiger partial charge in [0.25, 0.3) is 0 Å². The van der Waals surface area contributed by atoms with Gasteiger partial charge < -0.3 is 27.9 Å². The molecular formula is C28H31FO8S. The monoisotopic (exact) mass is 546 g/mol. The summed E-state index contributed by atoms with van der Waals surface area (Å²) in [5.41, 5.74) is 3.27. The molecule has 3 aromatic carbocycles. The Labute approximate surface area is 222 Å². The Balaban J connectivity index is 2.26. The van der Waals surface area contributed by atoms with Gasteiger partial charge in [0, 0.05) is 12.7 Å². The molecule has 3 rings (SSSR count).